The molecular formula is C21H34ClIN4O2. The van der Waals surface area contributed by atoms with Crippen molar-refractivity contribution in [2.45, 2.75) is 19.8 Å². The predicted octanol–water partition coefficient (Wildman–Crippen LogP) is 3.49. The first-order chi connectivity index (χ1) is 13.8. The minimum absolute atomic E-state index is 0. The zero-order chi connectivity index (χ0) is 19.6. The predicted molar refractivity (Wildman–Crippen MR) is 131 cm³/mol. The number of rotatable bonds is 8. The summed E-state index contributed by atoms with van der Waals surface area (Å²) in [7, 11) is 0. The van der Waals surface area contributed by atoms with E-state index in [1.807, 2.05) is 18.2 Å². The summed E-state index contributed by atoms with van der Waals surface area (Å²) in [5.41, 5.74) is 1.12. The van der Waals surface area contributed by atoms with Crippen LogP contribution in [0.25, 0.3) is 0 Å². The van der Waals surface area contributed by atoms with Crippen LogP contribution in [0.4, 0.5) is 5.69 Å². The van der Waals surface area contributed by atoms with Crippen molar-refractivity contribution in [1.29, 1.82) is 0 Å². The molecule has 2 saturated heterocycles. The van der Waals surface area contributed by atoms with E-state index >= 15 is 0 Å². The topological polar surface area (TPSA) is 49.3 Å². The minimum atomic E-state index is 0. The summed E-state index contributed by atoms with van der Waals surface area (Å²) in [6, 6.07) is 8.07. The first-order valence-corrected chi connectivity index (χ1v) is 10.8. The van der Waals surface area contributed by atoms with Gasteiger partial charge < -0.3 is 24.6 Å². The van der Waals surface area contributed by atoms with Gasteiger partial charge in [0, 0.05) is 58.4 Å². The largest absolute Gasteiger partial charge is 0.381 e. The van der Waals surface area contributed by atoms with Crippen LogP contribution in [0.2, 0.25) is 5.02 Å². The highest BCUT2D eigenvalue weighted by molar-refractivity contribution is 14.0. The van der Waals surface area contributed by atoms with Crippen molar-refractivity contribution in [1.82, 2.24) is 10.2 Å². The Hall–Kier alpha value is -0.770. The third-order valence-corrected chi connectivity index (χ3v) is 5.51. The van der Waals surface area contributed by atoms with Crippen molar-refractivity contribution in [3.8, 4) is 0 Å². The summed E-state index contributed by atoms with van der Waals surface area (Å²) in [6.45, 7) is 10.9. The third kappa shape index (κ3) is 7.77. The second-order valence-electron chi connectivity index (χ2n) is 7.32. The zero-order valence-electron chi connectivity index (χ0n) is 17.3. The lowest BCUT2D eigenvalue weighted by atomic mass is 10.1. The molecule has 1 aromatic rings. The molecule has 0 spiro atoms. The number of para-hydroxylation sites is 1. The van der Waals surface area contributed by atoms with Gasteiger partial charge in [0.25, 0.3) is 0 Å². The molecule has 2 fully saturated rings. The van der Waals surface area contributed by atoms with Crippen LogP contribution in [0.1, 0.15) is 19.8 Å². The van der Waals surface area contributed by atoms with Crippen molar-refractivity contribution in [3.63, 3.8) is 0 Å². The van der Waals surface area contributed by atoms with Crippen LogP contribution >= 0.6 is 35.6 Å². The Labute approximate surface area is 197 Å². The first-order valence-electron chi connectivity index (χ1n) is 10.5. The molecule has 0 aliphatic carbocycles. The van der Waals surface area contributed by atoms with Crippen LogP contribution in [-0.4, -0.2) is 76.6 Å². The molecule has 1 aromatic carbocycles. The molecule has 2 heterocycles. The monoisotopic (exact) mass is 536 g/mol. The van der Waals surface area contributed by atoms with Gasteiger partial charge in [-0.15, -0.1) is 24.0 Å². The smallest absolute Gasteiger partial charge is 0.194 e. The highest BCUT2D eigenvalue weighted by Gasteiger charge is 2.21. The quantitative estimate of drug-likeness (QED) is 0.239. The molecule has 0 amide bonds. The highest BCUT2D eigenvalue weighted by atomic mass is 127. The fourth-order valence-corrected chi connectivity index (χ4v) is 3.86. The summed E-state index contributed by atoms with van der Waals surface area (Å²) in [5, 5.41) is 4.25. The molecular weight excluding hydrogens is 503 g/mol. The molecule has 0 radical (unpaired) electrons. The Balaban J connectivity index is 0.00000300. The molecule has 2 aliphatic heterocycles. The molecule has 1 unspecified atom stereocenters. The molecule has 6 nitrogen and oxygen atoms in total. The van der Waals surface area contributed by atoms with Crippen LogP contribution in [-0.2, 0) is 9.47 Å². The lowest BCUT2D eigenvalue weighted by Gasteiger charge is -2.38. The van der Waals surface area contributed by atoms with E-state index in [1.165, 1.54) is 0 Å². The molecule has 0 aromatic heterocycles. The van der Waals surface area contributed by atoms with Gasteiger partial charge in [-0.2, -0.15) is 0 Å². The Kier molecular flexibility index (Phi) is 11.4. The number of halogens is 2. The van der Waals surface area contributed by atoms with Crippen LogP contribution in [0.5, 0.6) is 0 Å². The van der Waals surface area contributed by atoms with Gasteiger partial charge in [-0.25, -0.2) is 0 Å². The molecule has 164 valence electrons. The van der Waals surface area contributed by atoms with Crippen molar-refractivity contribution >= 4 is 47.2 Å². The summed E-state index contributed by atoms with van der Waals surface area (Å²) < 4.78 is 11.2. The Morgan fingerprint density at radius 3 is 2.76 bits per heavy atom. The summed E-state index contributed by atoms with van der Waals surface area (Å²) >= 11 is 6.35. The highest BCUT2D eigenvalue weighted by Crippen LogP contribution is 2.26. The molecule has 0 saturated carbocycles. The van der Waals surface area contributed by atoms with E-state index in [4.69, 9.17) is 26.1 Å². The number of hydrogen-bond acceptors (Lipinski definition) is 4. The average Bonchev–Trinajstić information content (AvgIpc) is 3.24. The standard InChI is InChI=1S/C21H33ClN4O2.HI/c1-2-23-21(24-9-5-14-27-16-18-8-15-28-17-18)26-12-10-25(11-13-26)20-7-4-3-6-19(20)22;/h3-4,6-7,18H,2,5,8-17H2,1H3,(H,23,24);1H. The van der Waals surface area contributed by atoms with E-state index < -0.39 is 0 Å². The van der Waals surface area contributed by atoms with Crippen molar-refractivity contribution in [2.75, 3.05) is 70.6 Å². The van der Waals surface area contributed by atoms with Gasteiger partial charge in [-0.1, -0.05) is 23.7 Å². The van der Waals surface area contributed by atoms with Gasteiger partial charge in [0.15, 0.2) is 5.96 Å². The SMILES string of the molecule is CCNC(=NCCCOCC1CCOC1)N1CCN(c2ccccc2Cl)CC1.I. The Bertz CT molecular complexity index is 620. The molecule has 1 N–H and O–H groups in total. The van der Waals surface area contributed by atoms with Gasteiger partial charge in [-0.05, 0) is 31.9 Å². The number of anilines is 1. The van der Waals surface area contributed by atoms with Crippen LogP contribution in [0, 0.1) is 5.92 Å². The molecule has 3 rings (SSSR count). The number of aliphatic imine (C=N–C) groups is 1. The summed E-state index contributed by atoms with van der Waals surface area (Å²) in [5.74, 6) is 1.58. The second-order valence-corrected chi connectivity index (χ2v) is 7.73. The maximum Gasteiger partial charge on any atom is 0.194 e. The van der Waals surface area contributed by atoms with Gasteiger partial charge in [-0.3, -0.25) is 4.99 Å². The van der Waals surface area contributed by atoms with Gasteiger partial charge in [0.1, 0.15) is 0 Å². The Morgan fingerprint density at radius 2 is 2.07 bits per heavy atom. The maximum atomic E-state index is 6.35. The number of hydrogen-bond donors (Lipinski definition) is 1. The average molecular weight is 537 g/mol. The van der Waals surface area contributed by atoms with Crippen molar-refractivity contribution in [2.24, 2.45) is 10.9 Å². The third-order valence-electron chi connectivity index (χ3n) is 5.19. The number of guanidine groups is 1. The van der Waals surface area contributed by atoms with Crippen LogP contribution < -0.4 is 10.2 Å². The Morgan fingerprint density at radius 1 is 1.28 bits per heavy atom. The second kappa shape index (κ2) is 13.5. The van der Waals surface area contributed by atoms with E-state index in [0.717, 1.165) is 95.2 Å². The van der Waals surface area contributed by atoms with Gasteiger partial charge in [0.2, 0.25) is 0 Å². The molecule has 0 bridgehead atoms. The normalized spacial score (nSPS) is 19.9. The fraction of sp³-hybridized carbons (Fsp3) is 0.667. The summed E-state index contributed by atoms with van der Waals surface area (Å²) in [4.78, 5) is 9.50. The molecule has 29 heavy (non-hydrogen) atoms. The first kappa shape index (κ1) is 24.5. The molecule has 2 aliphatic rings. The van der Waals surface area contributed by atoms with Crippen LogP contribution in [0.15, 0.2) is 29.3 Å². The van der Waals surface area contributed by atoms with E-state index in [-0.39, 0.29) is 24.0 Å². The lowest BCUT2D eigenvalue weighted by Crippen LogP contribution is -2.52. The number of nitrogens with zero attached hydrogens (tertiary/aromatic N) is 3. The van der Waals surface area contributed by atoms with Crippen molar-refractivity contribution < 1.29 is 9.47 Å². The van der Waals surface area contributed by atoms with Gasteiger partial charge >= 0.3 is 0 Å². The van der Waals surface area contributed by atoms with E-state index in [1.54, 1.807) is 0 Å². The zero-order valence-corrected chi connectivity index (χ0v) is 20.4. The van der Waals surface area contributed by atoms with Crippen molar-refractivity contribution in [3.05, 3.63) is 29.3 Å². The fourth-order valence-electron chi connectivity index (χ4n) is 3.61. The number of ether oxygens (including phenoxy) is 2. The summed E-state index contributed by atoms with van der Waals surface area (Å²) in [6.07, 6.45) is 2.07. The molecule has 8 heteroatoms. The lowest BCUT2D eigenvalue weighted by molar-refractivity contribution is 0.0893. The van der Waals surface area contributed by atoms with Gasteiger partial charge in [0.05, 0.1) is 23.9 Å². The minimum Gasteiger partial charge on any atom is -0.381 e. The van der Waals surface area contributed by atoms with E-state index in [2.05, 4.69) is 28.1 Å². The number of nitrogens with one attached hydrogen (secondary N) is 1. The van der Waals surface area contributed by atoms with Crippen LogP contribution in [0.3, 0.4) is 0 Å². The maximum absolute atomic E-state index is 6.35. The number of piperazine rings is 1. The van der Waals surface area contributed by atoms with E-state index in [9.17, 15) is 0 Å². The number of benzene rings is 1. The van der Waals surface area contributed by atoms with E-state index in [0.29, 0.717) is 5.92 Å². The molecule has 1 atom stereocenters.